The van der Waals surface area contributed by atoms with Crippen molar-refractivity contribution in [2.45, 2.75) is 4.90 Å². The van der Waals surface area contributed by atoms with E-state index < -0.39 is 15.9 Å². The minimum absolute atomic E-state index is 0.0885. The van der Waals surface area contributed by atoms with Crippen LogP contribution in [0.1, 0.15) is 5.56 Å². The van der Waals surface area contributed by atoms with Crippen molar-refractivity contribution in [2.24, 2.45) is 10.8 Å². The molecule has 0 aliphatic carbocycles. The van der Waals surface area contributed by atoms with Crippen LogP contribution in [0, 0.1) is 0 Å². The molecule has 2 aromatic carbocycles. The normalized spacial score (nSPS) is 11.3. The minimum atomic E-state index is -3.77. The number of hydrogen-bond acceptors (Lipinski definition) is 6. The Hall–Kier alpha value is -2.59. The fraction of sp³-hybridized carbons (Fsp3) is 0.125. The van der Waals surface area contributed by atoms with Gasteiger partial charge in [0.15, 0.2) is 18.1 Å². The zero-order valence-corrected chi connectivity index (χ0v) is 16.1. The maximum absolute atomic E-state index is 12.1. The maximum atomic E-state index is 12.1. The van der Waals surface area contributed by atoms with E-state index in [0.717, 1.165) is 4.47 Å². The van der Waals surface area contributed by atoms with E-state index in [1.54, 1.807) is 30.3 Å². The van der Waals surface area contributed by atoms with Crippen LogP contribution < -0.4 is 20.0 Å². The van der Waals surface area contributed by atoms with Crippen molar-refractivity contribution in [1.29, 1.82) is 0 Å². The lowest BCUT2D eigenvalue weighted by Gasteiger charge is -2.09. The Morgan fingerprint density at radius 1 is 1.23 bits per heavy atom. The van der Waals surface area contributed by atoms with Crippen molar-refractivity contribution in [3.63, 3.8) is 0 Å². The molecular weight excluding hydrogens is 426 g/mol. The highest BCUT2D eigenvalue weighted by Crippen LogP contribution is 2.27. The minimum Gasteiger partial charge on any atom is -0.493 e. The highest BCUT2D eigenvalue weighted by Gasteiger charge is 2.12. The van der Waals surface area contributed by atoms with Gasteiger partial charge in [0.1, 0.15) is 0 Å². The molecule has 138 valence electrons. The second-order valence-electron chi connectivity index (χ2n) is 4.97. The Morgan fingerprint density at radius 3 is 2.54 bits per heavy atom. The Kier molecular flexibility index (Phi) is 6.58. The standard InChI is InChI=1S/C16H16BrN3O5S/c1-24-15-8-11(2-7-14(15)25-10-16(18)21)9-19-20-26(22,23)13-5-3-12(17)4-6-13/h2-9,20H,10H2,1H3,(H2,18,21). The van der Waals surface area contributed by atoms with Gasteiger partial charge in [-0.05, 0) is 48.0 Å². The van der Waals surface area contributed by atoms with Crippen LogP contribution in [0.15, 0.2) is 56.9 Å². The monoisotopic (exact) mass is 441 g/mol. The summed E-state index contributed by atoms with van der Waals surface area (Å²) in [6.07, 6.45) is 1.32. The molecule has 3 N–H and O–H groups in total. The van der Waals surface area contributed by atoms with E-state index in [-0.39, 0.29) is 11.5 Å². The van der Waals surface area contributed by atoms with E-state index in [9.17, 15) is 13.2 Å². The Balaban J connectivity index is 2.10. The van der Waals surface area contributed by atoms with Crippen molar-refractivity contribution in [3.8, 4) is 11.5 Å². The summed E-state index contributed by atoms with van der Waals surface area (Å²) in [5.41, 5.74) is 5.59. The van der Waals surface area contributed by atoms with Gasteiger partial charge in [-0.15, -0.1) is 0 Å². The fourth-order valence-electron chi connectivity index (χ4n) is 1.87. The van der Waals surface area contributed by atoms with E-state index in [0.29, 0.717) is 17.1 Å². The van der Waals surface area contributed by atoms with Crippen molar-refractivity contribution in [3.05, 3.63) is 52.5 Å². The summed E-state index contributed by atoms with van der Waals surface area (Å²) in [6, 6.07) is 10.9. The molecule has 0 heterocycles. The third-order valence-electron chi connectivity index (χ3n) is 3.07. The van der Waals surface area contributed by atoms with Gasteiger partial charge in [-0.3, -0.25) is 4.79 Å². The van der Waals surface area contributed by atoms with Crippen molar-refractivity contribution >= 4 is 38.1 Å². The average molecular weight is 442 g/mol. The SMILES string of the molecule is COc1cc(C=NNS(=O)(=O)c2ccc(Br)cc2)ccc1OCC(N)=O. The molecule has 0 aliphatic heterocycles. The molecule has 2 rings (SSSR count). The second-order valence-corrected chi connectivity index (χ2v) is 7.55. The molecule has 0 saturated heterocycles. The molecule has 0 fully saturated rings. The third kappa shape index (κ3) is 5.46. The van der Waals surface area contributed by atoms with Crippen LogP contribution in [0.3, 0.4) is 0 Å². The summed E-state index contributed by atoms with van der Waals surface area (Å²) in [5, 5.41) is 3.75. The molecule has 0 bridgehead atoms. The molecule has 0 aliphatic rings. The Bertz CT molecular complexity index is 914. The number of carbonyl (C=O) groups is 1. The number of hydrazone groups is 1. The molecule has 0 saturated carbocycles. The van der Waals surface area contributed by atoms with Crippen molar-refractivity contribution in [1.82, 2.24) is 4.83 Å². The van der Waals surface area contributed by atoms with E-state index in [1.165, 1.54) is 25.5 Å². The molecule has 1 amide bonds. The first-order valence-corrected chi connectivity index (χ1v) is 9.49. The van der Waals surface area contributed by atoms with Crippen LogP contribution in [-0.2, 0) is 14.8 Å². The fourth-order valence-corrected chi connectivity index (χ4v) is 2.92. The number of halogens is 1. The Labute approximate surface area is 159 Å². The number of rotatable bonds is 8. The van der Waals surface area contributed by atoms with Crippen LogP contribution in [0.4, 0.5) is 0 Å². The predicted octanol–water partition coefficient (Wildman–Crippen LogP) is 1.63. The largest absolute Gasteiger partial charge is 0.493 e. The number of benzene rings is 2. The molecular formula is C16H16BrN3O5S. The van der Waals surface area contributed by atoms with Crippen LogP contribution in [0.5, 0.6) is 11.5 Å². The number of ether oxygens (including phenoxy) is 2. The smallest absolute Gasteiger partial charge is 0.276 e. The summed E-state index contributed by atoms with van der Waals surface area (Å²) in [5.74, 6) is 0.0740. The molecule has 2 aromatic rings. The lowest BCUT2D eigenvalue weighted by molar-refractivity contribution is -0.119. The highest BCUT2D eigenvalue weighted by molar-refractivity contribution is 9.10. The topological polar surface area (TPSA) is 120 Å². The van der Waals surface area contributed by atoms with Gasteiger partial charge in [0.25, 0.3) is 15.9 Å². The predicted molar refractivity (Wildman–Crippen MR) is 99.7 cm³/mol. The zero-order valence-electron chi connectivity index (χ0n) is 13.7. The average Bonchev–Trinajstić information content (AvgIpc) is 2.60. The number of carbonyl (C=O) groups excluding carboxylic acids is 1. The highest BCUT2D eigenvalue weighted by atomic mass is 79.9. The number of nitrogens with two attached hydrogens (primary N) is 1. The first kappa shape index (κ1) is 19.7. The number of amides is 1. The summed E-state index contributed by atoms with van der Waals surface area (Å²) < 4.78 is 35.4. The summed E-state index contributed by atoms with van der Waals surface area (Å²) >= 11 is 3.24. The van der Waals surface area contributed by atoms with E-state index in [1.807, 2.05) is 0 Å². The molecule has 0 unspecified atom stereocenters. The first-order valence-electron chi connectivity index (χ1n) is 7.21. The second kappa shape index (κ2) is 8.68. The van der Waals surface area contributed by atoms with Crippen molar-refractivity contribution < 1.29 is 22.7 Å². The van der Waals surface area contributed by atoms with E-state index >= 15 is 0 Å². The summed E-state index contributed by atoms with van der Waals surface area (Å²) in [4.78, 5) is 13.0. The molecule has 0 atom stereocenters. The molecule has 8 nitrogen and oxygen atoms in total. The van der Waals surface area contributed by atoms with Crippen LogP contribution in [-0.4, -0.2) is 34.3 Å². The Morgan fingerprint density at radius 2 is 1.92 bits per heavy atom. The number of methoxy groups -OCH3 is 1. The molecule has 0 spiro atoms. The van der Waals surface area contributed by atoms with Gasteiger partial charge in [0.05, 0.1) is 18.2 Å². The maximum Gasteiger partial charge on any atom is 0.276 e. The summed E-state index contributed by atoms with van der Waals surface area (Å²) in [7, 11) is -2.33. The molecule has 26 heavy (non-hydrogen) atoms. The van der Waals surface area contributed by atoms with Crippen LogP contribution in [0.25, 0.3) is 0 Å². The van der Waals surface area contributed by atoms with Gasteiger partial charge >= 0.3 is 0 Å². The lowest BCUT2D eigenvalue weighted by atomic mass is 10.2. The lowest BCUT2D eigenvalue weighted by Crippen LogP contribution is -2.20. The van der Waals surface area contributed by atoms with Crippen molar-refractivity contribution in [2.75, 3.05) is 13.7 Å². The van der Waals surface area contributed by atoms with Gasteiger partial charge < -0.3 is 15.2 Å². The van der Waals surface area contributed by atoms with Crippen LogP contribution in [0.2, 0.25) is 0 Å². The van der Waals surface area contributed by atoms with Gasteiger partial charge in [-0.1, -0.05) is 15.9 Å². The number of nitrogens with one attached hydrogen (secondary N) is 1. The van der Waals surface area contributed by atoms with Gasteiger partial charge in [-0.25, -0.2) is 4.83 Å². The molecule has 0 aromatic heterocycles. The van der Waals surface area contributed by atoms with E-state index in [4.69, 9.17) is 15.2 Å². The quantitative estimate of drug-likeness (QED) is 0.476. The van der Waals surface area contributed by atoms with E-state index in [2.05, 4.69) is 25.9 Å². The van der Waals surface area contributed by atoms with Gasteiger partial charge in [0.2, 0.25) is 0 Å². The van der Waals surface area contributed by atoms with Gasteiger partial charge in [-0.2, -0.15) is 13.5 Å². The third-order valence-corrected chi connectivity index (χ3v) is 4.84. The van der Waals surface area contributed by atoms with Crippen LogP contribution >= 0.6 is 15.9 Å². The number of hydrogen-bond donors (Lipinski definition) is 2. The number of nitrogens with zero attached hydrogens (tertiary/aromatic N) is 1. The zero-order chi connectivity index (χ0) is 19.2. The molecule has 0 radical (unpaired) electrons. The number of sulfonamides is 1. The first-order chi connectivity index (χ1) is 12.3. The number of primary amides is 1. The van der Waals surface area contributed by atoms with Gasteiger partial charge in [0, 0.05) is 4.47 Å². The summed E-state index contributed by atoms with van der Waals surface area (Å²) in [6.45, 7) is -0.281. The molecule has 10 heteroatoms.